The third-order valence-electron chi connectivity index (χ3n) is 3.40. The molecule has 3 rings (SSSR count). The zero-order valence-corrected chi connectivity index (χ0v) is 14.0. The van der Waals surface area contributed by atoms with E-state index < -0.39 is 17.4 Å². The zero-order chi connectivity index (χ0) is 16.9. The van der Waals surface area contributed by atoms with E-state index in [9.17, 15) is 14.4 Å². The molecule has 0 aliphatic carbocycles. The minimum atomic E-state index is -0.644. The fourth-order valence-corrected chi connectivity index (χ4v) is 3.43. The van der Waals surface area contributed by atoms with Crippen LogP contribution in [0.15, 0.2) is 27.5 Å². The molecule has 0 unspecified atom stereocenters. The lowest BCUT2D eigenvalue weighted by molar-refractivity contribution is 0.0880. The number of rotatable bonds is 2. The standard InChI is InChI=1S/C14H9BrClN3O4/c1-23-11-7(15)2-5(3-8(11)16)19-9(20)4-6-10(12(19)17)14(22)18-13(6)21/h2-4H,17H2,1H3,(H,18,21,22). The number of amides is 2. The Balaban J connectivity index is 2.31. The van der Waals surface area contributed by atoms with Crippen molar-refractivity contribution >= 4 is 45.2 Å². The Kier molecular flexibility index (Phi) is 3.65. The number of nitrogens with two attached hydrogens (primary N) is 1. The van der Waals surface area contributed by atoms with Gasteiger partial charge in [-0.15, -0.1) is 0 Å². The first-order valence-corrected chi connectivity index (χ1v) is 7.47. The molecule has 0 saturated carbocycles. The minimum absolute atomic E-state index is 0.0299. The molecule has 7 nitrogen and oxygen atoms in total. The highest BCUT2D eigenvalue weighted by atomic mass is 79.9. The van der Waals surface area contributed by atoms with Crippen molar-refractivity contribution < 1.29 is 14.3 Å². The summed E-state index contributed by atoms with van der Waals surface area (Å²) in [6.45, 7) is 0. The lowest BCUT2D eigenvalue weighted by Crippen LogP contribution is -2.24. The molecule has 1 aliphatic rings. The molecule has 2 amide bonds. The van der Waals surface area contributed by atoms with Gasteiger partial charge in [-0.2, -0.15) is 0 Å². The van der Waals surface area contributed by atoms with E-state index in [-0.39, 0.29) is 22.0 Å². The van der Waals surface area contributed by atoms with Crippen molar-refractivity contribution in [2.75, 3.05) is 12.8 Å². The summed E-state index contributed by atoms with van der Waals surface area (Å²) in [4.78, 5) is 35.8. The third-order valence-corrected chi connectivity index (χ3v) is 4.27. The van der Waals surface area contributed by atoms with Crippen molar-refractivity contribution in [3.8, 4) is 11.4 Å². The lowest BCUT2D eigenvalue weighted by atomic mass is 10.1. The molecule has 0 fully saturated rings. The summed E-state index contributed by atoms with van der Waals surface area (Å²) >= 11 is 9.40. The van der Waals surface area contributed by atoms with Gasteiger partial charge in [0.25, 0.3) is 17.4 Å². The number of nitrogen functional groups attached to an aromatic ring is 1. The van der Waals surface area contributed by atoms with Crippen LogP contribution in [0.4, 0.5) is 5.82 Å². The summed E-state index contributed by atoms with van der Waals surface area (Å²) in [5.74, 6) is -1.02. The van der Waals surface area contributed by atoms with E-state index in [2.05, 4.69) is 21.2 Å². The molecule has 1 aromatic heterocycles. The largest absolute Gasteiger partial charge is 0.494 e. The first-order chi connectivity index (χ1) is 10.8. The number of benzene rings is 1. The Morgan fingerprint density at radius 2 is 1.91 bits per heavy atom. The van der Waals surface area contributed by atoms with Gasteiger partial charge in [0.1, 0.15) is 5.82 Å². The topological polar surface area (TPSA) is 103 Å². The number of anilines is 1. The maximum Gasteiger partial charge on any atom is 0.262 e. The summed E-state index contributed by atoms with van der Waals surface area (Å²) in [5, 5.41) is 2.36. The number of hydrogen-bond donors (Lipinski definition) is 2. The zero-order valence-electron chi connectivity index (χ0n) is 11.6. The van der Waals surface area contributed by atoms with Gasteiger partial charge in [0.05, 0.1) is 33.4 Å². The van der Waals surface area contributed by atoms with Gasteiger partial charge in [0.15, 0.2) is 5.75 Å². The molecule has 3 N–H and O–H groups in total. The highest BCUT2D eigenvalue weighted by molar-refractivity contribution is 9.10. The number of halogens is 2. The third kappa shape index (κ3) is 2.30. The Hall–Kier alpha value is -2.32. The van der Waals surface area contributed by atoms with Gasteiger partial charge in [0, 0.05) is 6.07 Å². The van der Waals surface area contributed by atoms with Crippen LogP contribution in [-0.4, -0.2) is 23.5 Å². The maximum absolute atomic E-state index is 12.3. The van der Waals surface area contributed by atoms with Gasteiger partial charge < -0.3 is 10.5 Å². The molecule has 0 bridgehead atoms. The van der Waals surface area contributed by atoms with Crippen LogP contribution in [0.3, 0.4) is 0 Å². The SMILES string of the molecule is COc1c(Cl)cc(-n2c(N)c3c(cc2=O)C(=O)NC3=O)cc1Br. The minimum Gasteiger partial charge on any atom is -0.494 e. The number of imide groups is 1. The summed E-state index contributed by atoms with van der Waals surface area (Å²) in [6.07, 6.45) is 0. The molecule has 0 radical (unpaired) electrons. The van der Waals surface area contributed by atoms with E-state index in [1.807, 2.05) is 0 Å². The normalized spacial score (nSPS) is 13.0. The monoisotopic (exact) mass is 397 g/mol. The average Bonchev–Trinajstić information content (AvgIpc) is 2.73. The quantitative estimate of drug-likeness (QED) is 0.750. The van der Waals surface area contributed by atoms with Gasteiger partial charge in [-0.25, -0.2) is 0 Å². The first-order valence-electron chi connectivity index (χ1n) is 6.29. The second kappa shape index (κ2) is 5.39. The summed E-state index contributed by atoms with van der Waals surface area (Å²) < 4.78 is 6.74. The Morgan fingerprint density at radius 3 is 2.52 bits per heavy atom. The van der Waals surface area contributed by atoms with Crippen molar-refractivity contribution in [1.82, 2.24) is 9.88 Å². The number of fused-ring (bicyclic) bond motifs is 1. The smallest absolute Gasteiger partial charge is 0.262 e. The van der Waals surface area contributed by atoms with E-state index in [4.69, 9.17) is 22.1 Å². The molecule has 23 heavy (non-hydrogen) atoms. The number of ether oxygens (including phenoxy) is 1. The van der Waals surface area contributed by atoms with Crippen LogP contribution in [0.25, 0.3) is 5.69 Å². The molecule has 2 heterocycles. The summed E-state index contributed by atoms with van der Waals surface area (Å²) in [7, 11) is 1.46. The van der Waals surface area contributed by atoms with Crippen LogP contribution >= 0.6 is 27.5 Å². The van der Waals surface area contributed by atoms with Crippen LogP contribution in [0.1, 0.15) is 20.7 Å². The molecule has 0 atom stereocenters. The van der Waals surface area contributed by atoms with Crippen LogP contribution in [0.5, 0.6) is 5.75 Å². The average molecular weight is 399 g/mol. The molecule has 1 aromatic carbocycles. The van der Waals surface area contributed by atoms with E-state index >= 15 is 0 Å². The highest BCUT2D eigenvalue weighted by Gasteiger charge is 2.32. The van der Waals surface area contributed by atoms with Crippen molar-refractivity contribution in [2.24, 2.45) is 0 Å². The van der Waals surface area contributed by atoms with Crippen molar-refractivity contribution in [1.29, 1.82) is 0 Å². The molecule has 1 aliphatic heterocycles. The van der Waals surface area contributed by atoms with E-state index in [0.717, 1.165) is 10.6 Å². The predicted octanol–water partition coefficient (Wildman–Crippen LogP) is 1.73. The Labute approximate surface area is 143 Å². The summed E-state index contributed by atoms with van der Waals surface area (Å²) in [6, 6.07) is 4.12. The fourth-order valence-electron chi connectivity index (χ4n) is 2.42. The maximum atomic E-state index is 12.3. The first kappa shape index (κ1) is 15.6. The number of nitrogens with one attached hydrogen (secondary N) is 1. The molecule has 9 heteroatoms. The van der Waals surface area contributed by atoms with Gasteiger partial charge >= 0.3 is 0 Å². The van der Waals surface area contributed by atoms with Crippen molar-refractivity contribution in [3.63, 3.8) is 0 Å². The van der Waals surface area contributed by atoms with E-state index in [0.29, 0.717) is 15.9 Å². The molecular formula is C14H9BrClN3O4. The van der Waals surface area contributed by atoms with Gasteiger partial charge in [0.2, 0.25) is 0 Å². The molecule has 118 valence electrons. The van der Waals surface area contributed by atoms with Crippen LogP contribution in [0.2, 0.25) is 5.02 Å². The lowest BCUT2D eigenvalue weighted by Gasteiger charge is -2.14. The fraction of sp³-hybridized carbons (Fsp3) is 0.0714. The Morgan fingerprint density at radius 1 is 1.22 bits per heavy atom. The van der Waals surface area contributed by atoms with E-state index in [1.54, 1.807) is 6.07 Å². The number of methoxy groups -OCH3 is 1. The van der Waals surface area contributed by atoms with E-state index in [1.165, 1.54) is 13.2 Å². The molecular weight excluding hydrogens is 390 g/mol. The van der Waals surface area contributed by atoms with Crippen LogP contribution < -0.4 is 21.3 Å². The molecule has 2 aromatic rings. The number of aromatic nitrogens is 1. The number of pyridine rings is 1. The van der Waals surface area contributed by atoms with Crippen molar-refractivity contribution in [3.05, 3.63) is 49.2 Å². The summed E-state index contributed by atoms with van der Waals surface area (Å²) in [5.41, 5.74) is 5.66. The van der Waals surface area contributed by atoms with Crippen LogP contribution in [0, 0.1) is 0 Å². The number of hydrogen-bond acceptors (Lipinski definition) is 5. The number of nitrogens with zero attached hydrogens (tertiary/aromatic N) is 1. The van der Waals surface area contributed by atoms with Gasteiger partial charge in [-0.1, -0.05) is 11.6 Å². The molecule has 0 saturated heterocycles. The number of carbonyl (C=O) groups excluding carboxylic acids is 2. The van der Waals surface area contributed by atoms with Gasteiger partial charge in [-0.3, -0.25) is 24.3 Å². The van der Waals surface area contributed by atoms with Crippen molar-refractivity contribution in [2.45, 2.75) is 0 Å². The Bertz CT molecular complexity index is 915. The number of carbonyl (C=O) groups is 2. The predicted molar refractivity (Wildman–Crippen MR) is 87.5 cm³/mol. The second-order valence-electron chi connectivity index (χ2n) is 4.72. The molecule has 0 spiro atoms. The highest BCUT2D eigenvalue weighted by Crippen LogP contribution is 2.36. The second-order valence-corrected chi connectivity index (χ2v) is 5.98. The van der Waals surface area contributed by atoms with Crippen LogP contribution in [-0.2, 0) is 0 Å². The van der Waals surface area contributed by atoms with Gasteiger partial charge in [-0.05, 0) is 28.1 Å².